The van der Waals surface area contributed by atoms with E-state index < -0.39 is 23.6 Å². The number of aromatic nitrogens is 1. The summed E-state index contributed by atoms with van der Waals surface area (Å²) in [7, 11) is 1.57. The Kier molecular flexibility index (Phi) is 8.46. The van der Waals surface area contributed by atoms with Crippen molar-refractivity contribution in [3.8, 4) is 5.75 Å². The predicted molar refractivity (Wildman–Crippen MR) is 131 cm³/mol. The van der Waals surface area contributed by atoms with E-state index in [9.17, 15) is 22.7 Å². The molecular formula is C28H32F4N2O2. The molecule has 1 aromatic heterocycles. The topological polar surface area (TPSA) is 54.4 Å². The van der Waals surface area contributed by atoms with Crippen molar-refractivity contribution in [3.63, 3.8) is 0 Å². The summed E-state index contributed by atoms with van der Waals surface area (Å²) in [5.41, 5.74) is 1.35. The van der Waals surface area contributed by atoms with Crippen LogP contribution in [0, 0.1) is 28.7 Å². The second-order valence-corrected chi connectivity index (χ2v) is 9.72. The number of aliphatic hydroxyl groups excluding tert-OH is 1. The fourth-order valence-corrected chi connectivity index (χ4v) is 5.43. The van der Waals surface area contributed by atoms with Crippen molar-refractivity contribution >= 4 is 10.9 Å². The van der Waals surface area contributed by atoms with Crippen LogP contribution in [0.3, 0.4) is 0 Å². The zero-order valence-corrected chi connectivity index (χ0v) is 20.4. The lowest BCUT2D eigenvalue weighted by Crippen LogP contribution is -2.44. The lowest BCUT2D eigenvalue weighted by atomic mass is 9.69. The Morgan fingerprint density at radius 2 is 1.72 bits per heavy atom. The van der Waals surface area contributed by atoms with Crippen LogP contribution in [-0.2, 0) is 12.8 Å². The maximum atomic E-state index is 14.7. The van der Waals surface area contributed by atoms with E-state index in [4.69, 9.17) is 4.74 Å². The number of halogens is 4. The standard InChI is InChI=1S/C28H32F4N2O2/c1-36-19-7-8-25-21(16-19)20(24(31)17-34-25)5-3-9-28(10-12-33-13-11-28)26(35)6-2-4-18-14-22(29)27(32)23(30)15-18/h7-8,14-17,26,33,35H,2-6,9-13H2,1H3. The number of ether oxygens (including phenoxy) is 1. The number of benzene rings is 2. The van der Waals surface area contributed by atoms with Crippen LogP contribution in [0.4, 0.5) is 17.6 Å². The van der Waals surface area contributed by atoms with Gasteiger partial charge >= 0.3 is 0 Å². The van der Waals surface area contributed by atoms with Crippen molar-refractivity contribution in [2.45, 2.75) is 57.5 Å². The van der Waals surface area contributed by atoms with Crippen molar-refractivity contribution in [1.29, 1.82) is 0 Å². The van der Waals surface area contributed by atoms with Crippen LogP contribution in [0.1, 0.15) is 49.7 Å². The Morgan fingerprint density at radius 3 is 2.42 bits per heavy atom. The molecule has 0 amide bonds. The summed E-state index contributed by atoms with van der Waals surface area (Å²) in [4.78, 5) is 4.18. The second-order valence-electron chi connectivity index (χ2n) is 9.72. The van der Waals surface area contributed by atoms with Crippen LogP contribution in [0.5, 0.6) is 5.75 Å². The minimum absolute atomic E-state index is 0.318. The highest BCUT2D eigenvalue weighted by Crippen LogP contribution is 2.40. The molecule has 4 nitrogen and oxygen atoms in total. The molecule has 0 radical (unpaired) electrons. The molecule has 36 heavy (non-hydrogen) atoms. The second kappa shape index (κ2) is 11.6. The largest absolute Gasteiger partial charge is 0.497 e. The summed E-state index contributed by atoms with van der Waals surface area (Å²) in [6, 6.07) is 7.43. The highest BCUT2D eigenvalue weighted by Gasteiger charge is 2.38. The van der Waals surface area contributed by atoms with E-state index in [1.54, 1.807) is 19.2 Å². The normalized spacial score (nSPS) is 16.3. The number of aliphatic hydroxyl groups is 1. The third-order valence-electron chi connectivity index (χ3n) is 7.53. The molecule has 0 bridgehead atoms. The molecule has 2 aromatic carbocycles. The molecule has 1 aliphatic heterocycles. The number of hydrogen-bond donors (Lipinski definition) is 2. The number of aryl methyl sites for hydroxylation is 2. The van der Waals surface area contributed by atoms with Crippen LogP contribution in [0.25, 0.3) is 10.9 Å². The van der Waals surface area contributed by atoms with Gasteiger partial charge in [-0.15, -0.1) is 0 Å². The summed E-state index contributed by atoms with van der Waals surface area (Å²) in [6.45, 7) is 1.57. The third-order valence-corrected chi connectivity index (χ3v) is 7.53. The molecule has 2 N–H and O–H groups in total. The van der Waals surface area contributed by atoms with Gasteiger partial charge in [0.25, 0.3) is 0 Å². The minimum atomic E-state index is -1.47. The molecule has 194 valence electrons. The number of hydrogen-bond acceptors (Lipinski definition) is 4. The minimum Gasteiger partial charge on any atom is -0.497 e. The monoisotopic (exact) mass is 504 g/mol. The molecule has 0 saturated carbocycles. The summed E-state index contributed by atoms with van der Waals surface area (Å²) in [6.07, 6.45) is 5.48. The Morgan fingerprint density at radius 1 is 1.00 bits per heavy atom. The van der Waals surface area contributed by atoms with Crippen LogP contribution >= 0.6 is 0 Å². The first-order valence-corrected chi connectivity index (χ1v) is 12.5. The number of piperidine rings is 1. The zero-order valence-electron chi connectivity index (χ0n) is 20.4. The SMILES string of the molecule is COc1ccc2ncc(F)c(CCCC3(C(O)CCCc4cc(F)c(F)c(F)c4)CCNCC3)c2c1. The molecule has 4 rings (SSSR count). The van der Waals surface area contributed by atoms with Crippen molar-refractivity contribution in [2.75, 3.05) is 20.2 Å². The van der Waals surface area contributed by atoms with E-state index in [0.717, 1.165) is 49.9 Å². The van der Waals surface area contributed by atoms with Crippen molar-refractivity contribution in [2.24, 2.45) is 5.41 Å². The molecule has 1 atom stereocenters. The highest BCUT2D eigenvalue weighted by molar-refractivity contribution is 5.83. The van der Waals surface area contributed by atoms with E-state index in [0.29, 0.717) is 54.5 Å². The van der Waals surface area contributed by atoms with Crippen LogP contribution in [-0.4, -0.2) is 36.4 Å². The van der Waals surface area contributed by atoms with Gasteiger partial charge in [-0.1, -0.05) is 0 Å². The molecule has 1 unspecified atom stereocenters. The fraction of sp³-hybridized carbons (Fsp3) is 0.464. The van der Waals surface area contributed by atoms with E-state index in [1.165, 1.54) is 6.20 Å². The van der Waals surface area contributed by atoms with E-state index in [1.807, 2.05) is 6.07 Å². The Bertz CT molecular complexity index is 1170. The molecule has 0 aliphatic carbocycles. The maximum absolute atomic E-state index is 14.7. The molecule has 2 heterocycles. The zero-order chi connectivity index (χ0) is 25.7. The van der Waals surface area contributed by atoms with Gasteiger partial charge in [-0.3, -0.25) is 4.98 Å². The predicted octanol–water partition coefficient (Wildman–Crippen LogP) is 5.88. The summed E-state index contributed by atoms with van der Waals surface area (Å²) in [5, 5.41) is 15.3. The molecule has 0 spiro atoms. The van der Waals surface area contributed by atoms with Crippen LogP contribution in [0.2, 0.25) is 0 Å². The number of rotatable bonds is 10. The van der Waals surface area contributed by atoms with Gasteiger partial charge in [0, 0.05) is 5.39 Å². The Labute approximate surface area is 208 Å². The number of pyridine rings is 1. The van der Waals surface area contributed by atoms with E-state index >= 15 is 0 Å². The first kappa shape index (κ1) is 26.4. The molecule has 1 saturated heterocycles. The number of fused-ring (bicyclic) bond motifs is 1. The van der Waals surface area contributed by atoms with Gasteiger partial charge in [0.15, 0.2) is 17.5 Å². The number of nitrogens with one attached hydrogen (secondary N) is 1. The molecule has 1 aliphatic rings. The summed E-state index contributed by atoms with van der Waals surface area (Å²) in [5.74, 6) is -3.58. The van der Waals surface area contributed by atoms with Gasteiger partial charge in [0.2, 0.25) is 0 Å². The lowest BCUT2D eigenvalue weighted by Gasteiger charge is -2.42. The molecule has 1 fully saturated rings. The Hall–Kier alpha value is -2.71. The van der Waals surface area contributed by atoms with Gasteiger partial charge in [-0.25, -0.2) is 17.6 Å². The van der Waals surface area contributed by atoms with Gasteiger partial charge in [-0.05, 0) is 111 Å². The lowest BCUT2D eigenvalue weighted by molar-refractivity contribution is -0.0131. The van der Waals surface area contributed by atoms with Crippen LogP contribution in [0.15, 0.2) is 36.5 Å². The number of methoxy groups -OCH3 is 1. The van der Waals surface area contributed by atoms with Gasteiger partial charge in [-0.2, -0.15) is 0 Å². The quantitative estimate of drug-likeness (QED) is 0.268. The summed E-state index contributed by atoms with van der Waals surface area (Å²) < 4.78 is 60.3. The first-order valence-electron chi connectivity index (χ1n) is 12.5. The molecule has 3 aromatic rings. The van der Waals surface area contributed by atoms with E-state index in [-0.39, 0.29) is 11.2 Å². The van der Waals surface area contributed by atoms with Gasteiger partial charge in [0.05, 0.1) is 24.9 Å². The van der Waals surface area contributed by atoms with Gasteiger partial charge in [0.1, 0.15) is 11.6 Å². The average molecular weight is 505 g/mol. The van der Waals surface area contributed by atoms with E-state index in [2.05, 4.69) is 10.3 Å². The highest BCUT2D eigenvalue weighted by atomic mass is 19.2. The number of nitrogens with zero attached hydrogens (tertiary/aromatic N) is 1. The smallest absolute Gasteiger partial charge is 0.194 e. The fourth-order valence-electron chi connectivity index (χ4n) is 5.43. The molecule has 8 heteroatoms. The first-order chi connectivity index (χ1) is 17.3. The van der Waals surface area contributed by atoms with Crippen molar-refractivity contribution in [1.82, 2.24) is 10.3 Å². The third kappa shape index (κ3) is 5.81. The summed E-state index contributed by atoms with van der Waals surface area (Å²) >= 11 is 0. The van der Waals surface area contributed by atoms with Crippen molar-refractivity contribution < 1.29 is 27.4 Å². The Balaban J connectivity index is 1.42. The maximum Gasteiger partial charge on any atom is 0.194 e. The van der Waals surface area contributed by atoms with Crippen LogP contribution < -0.4 is 10.1 Å². The average Bonchev–Trinajstić information content (AvgIpc) is 2.88. The molecular weight excluding hydrogens is 472 g/mol. The van der Waals surface area contributed by atoms with Gasteiger partial charge < -0.3 is 15.2 Å². The van der Waals surface area contributed by atoms with Crippen molar-refractivity contribution in [3.05, 3.63) is 70.9 Å².